The van der Waals surface area contributed by atoms with Gasteiger partial charge in [-0.2, -0.15) is 0 Å². The highest BCUT2D eigenvalue weighted by Crippen LogP contribution is 2.68. The molecule has 0 amide bonds. The smallest absolute Gasteiger partial charge is 0.128 e. The molecule has 5 aliphatic rings. The van der Waals surface area contributed by atoms with Gasteiger partial charge in [0.25, 0.3) is 0 Å². The molecule has 9 atom stereocenters. The van der Waals surface area contributed by atoms with Gasteiger partial charge < -0.3 is 4.84 Å². The summed E-state index contributed by atoms with van der Waals surface area (Å²) in [7, 11) is 0. The highest BCUT2D eigenvalue weighted by molar-refractivity contribution is 5.68. The van der Waals surface area contributed by atoms with Crippen molar-refractivity contribution < 1.29 is 4.84 Å². The number of oxime groups is 1. The molecule has 8 unspecified atom stereocenters. The molecule has 0 radical (unpaired) electrons. The molecule has 4 aliphatic carbocycles. The van der Waals surface area contributed by atoms with Crippen molar-refractivity contribution in [3.05, 3.63) is 0 Å². The van der Waals surface area contributed by atoms with E-state index in [-0.39, 0.29) is 0 Å². The molecule has 0 aromatic heterocycles. The van der Waals surface area contributed by atoms with Crippen LogP contribution < -0.4 is 0 Å². The molecule has 4 saturated carbocycles. The molecule has 0 N–H and O–H groups in total. The van der Waals surface area contributed by atoms with E-state index in [1.807, 2.05) is 0 Å². The van der Waals surface area contributed by atoms with Gasteiger partial charge in [-0.3, -0.25) is 0 Å². The van der Waals surface area contributed by atoms with E-state index in [9.17, 15) is 0 Å². The van der Waals surface area contributed by atoms with Gasteiger partial charge in [-0.05, 0) is 105 Å². The molecule has 0 aromatic rings. The van der Waals surface area contributed by atoms with Crippen molar-refractivity contribution in [2.75, 3.05) is 0 Å². The summed E-state index contributed by atoms with van der Waals surface area (Å²) in [6.45, 7) is 10.1. The van der Waals surface area contributed by atoms with Gasteiger partial charge in [0.05, 0.1) is 6.21 Å². The van der Waals surface area contributed by atoms with Crippen LogP contribution in [0.3, 0.4) is 0 Å². The van der Waals surface area contributed by atoms with Gasteiger partial charge in [0.15, 0.2) is 0 Å². The van der Waals surface area contributed by atoms with Crippen LogP contribution in [0.1, 0.15) is 105 Å². The standard InChI is InChI=1S/C27H45NO/c1-18(2)6-5-7-19(3)23-12-13-24-22-11-9-20-8-10-21-16-27(20,17-28-29-21)25(22)14-15-26(23,24)4/h17-25H,5-16H2,1-4H3/t19?,20-,21?,22?,23?,24?,25?,26?,27?/m1/s1. The molecule has 1 heterocycles. The highest BCUT2D eigenvalue weighted by atomic mass is 16.6. The van der Waals surface area contributed by atoms with Crippen LogP contribution in [0.4, 0.5) is 0 Å². The molecule has 164 valence electrons. The van der Waals surface area contributed by atoms with E-state index < -0.39 is 0 Å². The summed E-state index contributed by atoms with van der Waals surface area (Å²) in [6.07, 6.45) is 19.9. The topological polar surface area (TPSA) is 21.6 Å². The Labute approximate surface area is 179 Å². The van der Waals surface area contributed by atoms with Gasteiger partial charge in [-0.15, -0.1) is 0 Å². The second kappa shape index (κ2) is 7.56. The first-order chi connectivity index (χ1) is 13.9. The Balaban J connectivity index is 1.33. The minimum Gasteiger partial charge on any atom is -0.393 e. The van der Waals surface area contributed by atoms with Crippen molar-refractivity contribution >= 4 is 6.21 Å². The van der Waals surface area contributed by atoms with Crippen LogP contribution in [0.2, 0.25) is 0 Å². The van der Waals surface area contributed by atoms with Crippen molar-refractivity contribution in [1.82, 2.24) is 0 Å². The average molecular weight is 400 g/mol. The van der Waals surface area contributed by atoms with Crippen LogP contribution in [-0.4, -0.2) is 12.3 Å². The van der Waals surface area contributed by atoms with E-state index in [0.717, 1.165) is 41.4 Å². The monoisotopic (exact) mass is 399 g/mol. The summed E-state index contributed by atoms with van der Waals surface area (Å²) in [5.74, 6) is 6.47. The van der Waals surface area contributed by atoms with Crippen LogP contribution in [-0.2, 0) is 4.84 Å². The fraction of sp³-hybridized carbons (Fsp3) is 0.963. The molecular formula is C27H45NO. The van der Waals surface area contributed by atoms with Crippen LogP contribution in [0.5, 0.6) is 0 Å². The Morgan fingerprint density at radius 3 is 2.62 bits per heavy atom. The Hall–Kier alpha value is -0.530. The molecule has 5 rings (SSSR count). The molecular weight excluding hydrogens is 354 g/mol. The average Bonchev–Trinajstić information content (AvgIpc) is 3.04. The summed E-state index contributed by atoms with van der Waals surface area (Å²) >= 11 is 0. The van der Waals surface area contributed by atoms with Gasteiger partial charge in [-0.25, -0.2) is 0 Å². The fourth-order valence-corrected chi connectivity index (χ4v) is 9.52. The number of hydrogen-bond acceptors (Lipinski definition) is 2. The summed E-state index contributed by atoms with van der Waals surface area (Å²) in [6, 6.07) is 0. The molecule has 2 nitrogen and oxygen atoms in total. The van der Waals surface area contributed by atoms with Gasteiger partial charge in [0.2, 0.25) is 0 Å². The summed E-state index contributed by atoms with van der Waals surface area (Å²) in [4.78, 5) is 5.75. The van der Waals surface area contributed by atoms with Crippen molar-refractivity contribution in [3.8, 4) is 0 Å². The summed E-state index contributed by atoms with van der Waals surface area (Å²) < 4.78 is 0. The quantitative estimate of drug-likeness (QED) is 0.470. The number of rotatable bonds is 5. The molecule has 1 aliphatic heterocycles. The van der Waals surface area contributed by atoms with E-state index in [0.29, 0.717) is 16.9 Å². The van der Waals surface area contributed by atoms with E-state index in [4.69, 9.17) is 4.84 Å². The van der Waals surface area contributed by atoms with Crippen molar-refractivity contribution in [2.45, 2.75) is 111 Å². The first-order valence-corrected chi connectivity index (χ1v) is 13.1. The maximum absolute atomic E-state index is 5.75. The van der Waals surface area contributed by atoms with Gasteiger partial charge >= 0.3 is 0 Å². The summed E-state index contributed by atoms with van der Waals surface area (Å²) in [5, 5.41) is 4.50. The van der Waals surface area contributed by atoms with Gasteiger partial charge in [0, 0.05) is 5.41 Å². The Bertz CT molecular complexity index is 628. The third-order valence-corrected chi connectivity index (χ3v) is 10.9. The maximum Gasteiger partial charge on any atom is 0.128 e. The number of hydrogen-bond donors (Lipinski definition) is 0. The minimum absolute atomic E-state index is 0.395. The Kier molecular flexibility index (Phi) is 5.31. The zero-order valence-corrected chi connectivity index (χ0v) is 19.5. The summed E-state index contributed by atoms with van der Waals surface area (Å²) in [5.41, 5.74) is 1.00. The number of nitrogens with zero attached hydrogens (tertiary/aromatic N) is 1. The third kappa shape index (κ3) is 3.21. The molecule has 2 bridgehead atoms. The predicted molar refractivity (Wildman–Crippen MR) is 121 cm³/mol. The highest BCUT2D eigenvalue weighted by Gasteiger charge is 2.62. The largest absolute Gasteiger partial charge is 0.393 e. The van der Waals surface area contributed by atoms with E-state index in [1.165, 1.54) is 77.0 Å². The van der Waals surface area contributed by atoms with E-state index >= 15 is 0 Å². The molecule has 29 heavy (non-hydrogen) atoms. The lowest BCUT2D eigenvalue weighted by molar-refractivity contribution is -0.129. The van der Waals surface area contributed by atoms with Crippen LogP contribution in [0.25, 0.3) is 0 Å². The molecule has 4 fully saturated rings. The van der Waals surface area contributed by atoms with Crippen LogP contribution >= 0.6 is 0 Å². The van der Waals surface area contributed by atoms with Crippen molar-refractivity contribution in [2.24, 2.45) is 57.4 Å². The second-order valence-electron chi connectivity index (χ2n) is 12.5. The van der Waals surface area contributed by atoms with E-state index in [1.54, 1.807) is 0 Å². The van der Waals surface area contributed by atoms with Crippen LogP contribution in [0.15, 0.2) is 5.16 Å². The molecule has 2 heteroatoms. The number of fused-ring (bicyclic) bond motifs is 4. The van der Waals surface area contributed by atoms with E-state index in [2.05, 4.69) is 39.1 Å². The lowest BCUT2D eigenvalue weighted by Crippen LogP contribution is -2.57. The van der Waals surface area contributed by atoms with Gasteiger partial charge in [-0.1, -0.05) is 52.1 Å². The first kappa shape index (κ1) is 20.4. The molecule has 0 aromatic carbocycles. The van der Waals surface area contributed by atoms with Gasteiger partial charge in [0.1, 0.15) is 6.10 Å². The van der Waals surface area contributed by atoms with Crippen molar-refractivity contribution in [3.63, 3.8) is 0 Å². The zero-order valence-electron chi connectivity index (χ0n) is 19.5. The fourth-order valence-electron chi connectivity index (χ4n) is 9.52. The Morgan fingerprint density at radius 2 is 1.79 bits per heavy atom. The SMILES string of the molecule is CC(C)CCCC(C)C1CCC2C3CC[C@H]4CCC5CC4(C=NO5)C3CCC12C. The third-order valence-electron chi connectivity index (χ3n) is 10.9. The Morgan fingerprint density at radius 1 is 0.966 bits per heavy atom. The molecule has 0 saturated heterocycles. The lowest BCUT2D eigenvalue weighted by Gasteiger charge is -2.61. The normalized spacial score (nSPS) is 49.1. The lowest BCUT2D eigenvalue weighted by atomic mass is 9.44. The second-order valence-corrected chi connectivity index (χ2v) is 12.5. The first-order valence-electron chi connectivity index (χ1n) is 13.1. The maximum atomic E-state index is 5.75. The van der Waals surface area contributed by atoms with Crippen LogP contribution in [0, 0.1) is 52.3 Å². The zero-order chi connectivity index (χ0) is 20.2. The molecule has 1 spiro atoms. The van der Waals surface area contributed by atoms with Crippen molar-refractivity contribution in [1.29, 1.82) is 0 Å². The predicted octanol–water partition coefficient (Wildman–Crippen LogP) is 7.47. The minimum atomic E-state index is 0.395.